The van der Waals surface area contributed by atoms with E-state index in [1.165, 1.54) is 22.3 Å². The van der Waals surface area contributed by atoms with Crippen LogP contribution in [-0.4, -0.2) is 13.7 Å². The van der Waals surface area contributed by atoms with Gasteiger partial charge in [0, 0.05) is 6.54 Å². The third-order valence-corrected chi connectivity index (χ3v) is 3.91. The molecule has 19 heavy (non-hydrogen) atoms. The van der Waals surface area contributed by atoms with E-state index in [9.17, 15) is 0 Å². The van der Waals surface area contributed by atoms with Gasteiger partial charge in [0.2, 0.25) is 0 Å². The van der Waals surface area contributed by atoms with E-state index in [0.717, 1.165) is 18.7 Å². The van der Waals surface area contributed by atoms with Crippen LogP contribution >= 0.6 is 0 Å². The van der Waals surface area contributed by atoms with Crippen molar-refractivity contribution < 1.29 is 4.74 Å². The third kappa shape index (κ3) is 2.24. The lowest BCUT2D eigenvalue weighted by Crippen LogP contribution is -2.31. The first kappa shape index (κ1) is 12.2. The zero-order valence-electron chi connectivity index (χ0n) is 11.4. The monoisotopic (exact) mass is 253 g/mol. The second kappa shape index (κ2) is 5.06. The number of benzene rings is 2. The Morgan fingerprint density at radius 3 is 2.84 bits per heavy atom. The second-order valence-corrected chi connectivity index (χ2v) is 5.06. The highest BCUT2D eigenvalue weighted by molar-refractivity contribution is 5.44. The standard InChI is InChI=1S/C17H19NO/c1-12-5-3-8-16-15(12)9-10-18-17(16)13-6-4-7-14(11-13)19-2/h3-8,11,17-18H,9-10H2,1-2H3. The van der Waals surface area contributed by atoms with Gasteiger partial charge in [-0.15, -0.1) is 0 Å². The summed E-state index contributed by atoms with van der Waals surface area (Å²) in [7, 11) is 1.71. The molecular formula is C17H19NO. The first-order valence-corrected chi connectivity index (χ1v) is 6.75. The van der Waals surface area contributed by atoms with E-state index in [1.54, 1.807) is 7.11 Å². The summed E-state index contributed by atoms with van der Waals surface area (Å²) >= 11 is 0. The van der Waals surface area contributed by atoms with Crippen molar-refractivity contribution >= 4 is 0 Å². The van der Waals surface area contributed by atoms with E-state index in [4.69, 9.17) is 4.74 Å². The molecule has 3 rings (SSSR count). The van der Waals surface area contributed by atoms with Crippen molar-refractivity contribution in [2.45, 2.75) is 19.4 Å². The first-order chi connectivity index (χ1) is 9.29. The number of methoxy groups -OCH3 is 1. The smallest absolute Gasteiger partial charge is 0.119 e. The molecule has 0 amide bonds. The summed E-state index contributed by atoms with van der Waals surface area (Å²) in [6.45, 7) is 3.23. The molecule has 1 unspecified atom stereocenters. The Hall–Kier alpha value is -1.80. The maximum atomic E-state index is 5.33. The molecule has 0 fully saturated rings. The van der Waals surface area contributed by atoms with Gasteiger partial charge in [-0.2, -0.15) is 0 Å². The third-order valence-electron chi connectivity index (χ3n) is 3.91. The average Bonchev–Trinajstić information content (AvgIpc) is 2.47. The van der Waals surface area contributed by atoms with Gasteiger partial charge in [0.05, 0.1) is 13.2 Å². The maximum Gasteiger partial charge on any atom is 0.119 e. The Balaban J connectivity index is 2.06. The minimum Gasteiger partial charge on any atom is -0.497 e. The maximum absolute atomic E-state index is 5.33. The van der Waals surface area contributed by atoms with Gasteiger partial charge in [-0.3, -0.25) is 0 Å². The van der Waals surface area contributed by atoms with Crippen molar-refractivity contribution in [1.29, 1.82) is 0 Å². The summed E-state index contributed by atoms with van der Waals surface area (Å²) < 4.78 is 5.33. The van der Waals surface area contributed by atoms with Gasteiger partial charge < -0.3 is 10.1 Å². The Morgan fingerprint density at radius 1 is 1.16 bits per heavy atom. The van der Waals surface area contributed by atoms with E-state index in [0.29, 0.717) is 0 Å². The van der Waals surface area contributed by atoms with E-state index in [1.807, 2.05) is 6.07 Å². The molecule has 1 aliphatic rings. The van der Waals surface area contributed by atoms with Crippen LogP contribution in [0.5, 0.6) is 5.75 Å². The first-order valence-electron chi connectivity index (χ1n) is 6.75. The van der Waals surface area contributed by atoms with E-state index in [-0.39, 0.29) is 6.04 Å². The van der Waals surface area contributed by atoms with Crippen LogP contribution in [0, 0.1) is 6.92 Å². The van der Waals surface area contributed by atoms with Crippen molar-refractivity contribution in [3.05, 3.63) is 64.7 Å². The fraction of sp³-hybridized carbons (Fsp3) is 0.294. The summed E-state index contributed by atoms with van der Waals surface area (Å²) in [5, 5.41) is 3.61. The minimum atomic E-state index is 0.277. The summed E-state index contributed by atoms with van der Waals surface area (Å²) in [4.78, 5) is 0. The predicted octanol–water partition coefficient (Wildman–Crippen LogP) is 3.24. The molecule has 2 heteroatoms. The van der Waals surface area contributed by atoms with E-state index < -0.39 is 0 Å². The second-order valence-electron chi connectivity index (χ2n) is 5.06. The van der Waals surface area contributed by atoms with Gasteiger partial charge in [-0.05, 0) is 47.7 Å². The molecule has 2 aromatic carbocycles. The fourth-order valence-electron chi connectivity index (χ4n) is 2.91. The van der Waals surface area contributed by atoms with E-state index in [2.05, 4.69) is 48.6 Å². The lowest BCUT2D eigenvalue weighted by molar-refractivity contribution is 0.413. The molecule has 1 atom stereocenters. The fourth-order valence-corrected chi connectivity index (χ4v) is 2.91. The van der Waals surface area contributed by atoms with Crippen molar-refractivity contribution in [3.8, 4) is 5.75 Å². The van der Waals surface area contributed by atoms with Crippen molar-refractivity contribution in [2.75, 3.05) is 13.7 Å². The minimum absolute atomic E-state index is 0.277. The largest absolute Gasteiger partial charge is 0.497 e. The SMILES string of the molecule is COc1cccc(C2NCCc3c(C)cccc32)c1. The molecule has 2 aromatic rings. The molecule has 98 valence electrons. The van der Waals surface area contributed by atoms with Crippen molar-refractivity contribution in [1.82, 2.24) is 5.32 Å². The molecule has 1 N–H and O–H groups in total. The Morgan fingerprint density at radius 2 is 2.00 bits per heavy atom. The number of fused-ring (bicyclic) bond motifs is 1. The zero-order valence-corrected chi connectivity index (χ0v) is 11.4. The molecule has 0 aliphatic carbocycles. The topological polar surface area (TPSA) is 21.3 Å². The van der Waals surface area contributed by atoms with Crippen molar-refractivity contribution in [3.63, 3.8) is 0 Å². The number of ether oxygens (including phenoxy) is 1. The van der Waals surface area contributed by atoms with Crippen LogP contribution in [0.2, 0.25) is 0 Å². The van der Waals surface area contributed by atoms with Gasteiger partial charge >= 0.3 is 0 Å². The molecule has 1 heterocycles. The molecule has 1 aliphatic heterocycles. The van der Waals surface area contributed by atoms with Gasteiger partial charge in [0.15, 0.2) is 0 Å². The lowest BCUT2D eigenvalue weighted by Gasteiger charge is -2.28. The molecular weight excluding hydrogens is 234 g/mol. The Bertz CT molecular complexity index is 592. The van der Waals surface area contributed by atoms with Crippen LogP contribution < -0.4 is 10.1 Å². The van der Waals surface area contributed by atoms with Crippen LogP contribution in [0.25, 0.3) is 0 Å². The summed E-state index contributed by atoms with van der Waals surface area (Å²) in [6, 6.07) is 15.2. The number of hydrogen-bond acceptors (Lipinski definition) is 2. The molecule has 2 nitrogen and oxygen atoms in total. The molecule has 0 saturated carbocycles. The predicted molar refractivity (Wildman–Crippen MR) is 77.7 cm³/mol. The summed E-state index contributed by atoms with van der Waals surface area (Å²) in [6.07, 6.45) is 1.11. The van der Waals surface area contributed by atoms with Crippen LogP contribution in [0.4, 0.5) is 0 Å². The number of nitrogens with one attached hydrogen (secondary N) is 1. The zero-order chi connectivity index (χ0) is 13.2. The van der Waals surface area contributed by atoms with Crippen LogP contribution in [-0.2, 0) is 6.42 Å². The van der Waals surface area contributed by atoms with Crippen molar-refractivity contribution in [2.24, 2.45) is 0 Å². The normalized spacial score (nSPS) is 17.9. The highest BCUT2D eigenvalue weighted by Crippen LogP contribution is 2.31. The molecule has 0 spiro atoms. The number of hydrogen-bond donors (Lipinski definition) is 1. The summed E-state index contributed by atoms with van der Waals surface area (Å²) in [5.74, 6) is 0.916. The van der Waals surface area contributed by atoms with Gasteiger partial charge in [-0.25, -0.2) is 0 Å². The van der Waals surface area contributed by atoms with Crippen LogP contribution in [0.15, 0.2) is 42.5 Å². The molecule has 0 aromatic heterocycles. The summed E-state index contributed by atoms with van der Waals surface area (Å²) in [5.41, 5.74) is 5.56. The Kier molecular flexibility index (Phi) is 3.26. The van der Waals surface area contributed by atoms with Gasteiger partial charge in [0.1, 0.15) is 5.75 Å². The lowest BCUT2D eigenvalue weighted by atomic mass is 9.87. The molecule has 0 radical (unpaired) electrons. The molecule has 0 saturated heterocycles. The highest BCUT2D eigenvalue weighted by Gasteiger charge is 2.22. The Labute approximate surface area is 114 Å². The van der Waals surface area contributed by atoms with Crippen LogP contribution in [0.3, 0.4) is 0 Å². The quantitative estimate of drug-likeness (QED) is 0.887. The number of rotatable bonds is 2. The number of aryl methyl sites for hydroxylation is 1. The molecule has 0 bridgehead atoms. The highest BCUT2D eigenvalue weighted by atomic mass is 16.5. The average molecular weight is 253 g/mol. The van der Waals surface area contributed by atoms with Crippen LogP contribution in [0.1, 0.15) is 28.3 Å². The van der Waals surface area contributed by atoms with Gasteiger partial charge in [0.25, 0.3) is 0 Å². The van der Waals surface area contributed by atoms with Gasteiger partial charge in [-0.1, -0.05) is 30.3 Å². The van der Waals surface area contributed by atoms with E-state index >= 15 is 0 Å².